The summed E-state index contributed by atoms with van der Waals surface area (Å²) < 4.78 is 52.0. The van der Waals surface area contributed by atoms with Crippen molar-refractivity contribution in [2.45, 2.75) is 44.3 Å². The van der Waals surface area contributed by atoms with Crippen molar-refractivity contribution in [3.8, 4) is 0 Å². The first kappa shape index (κ1) is 24.4. The molecule has 2 aliphatic rings. The van der Waals surface area contributed by atoms with Crippen LogP contribution in [0.4, 0.5) is 33.9 Å². The monoisotopic (exact) mass is 494 g/mol. The van der Waals surface area contributed by atoms with Crippen molar-refractivity contribution in [2.75, 3.05) is 17.2 Å². The number of carbonyl (C=O) groups is 3. The number of pyridine rings is 1. The standard InChI is InChI=1S/C23H22F4N4O4/c24-16-11-14(5-6-15(16)23(25,26)27)28-22(35)31-9-1-2-18(31)20(32)30-19-8-4-12-10-13(21(33)34)3-7-17(12)29-19/h4-6,8,11,13,18H,1-3,7,9-10H2,(H,28,35)(H,33,34)(H,29,30,32)/t13-,18+/m0/s1. The van der Waals surface area contributed by atoms with Crippen LogP contribution in [0.15, 0.2) is 30.3 Å². The maximum atomic E-state index is 13.8. The van der Waals surface area contributed by atoms with Crippen LogP contribution in [0.5, 0.6) is 0 Å². The van der Waals surface area contributed by atoms with E-state index in [1.807, 2.05) is 0 Å². The summed E-state index contributed by atoms with van der Waals surface area (Å²) in [5.41, 5.74) is -0.0783. The zero-order valence-electron chi connectivity index (χ0n) is 18.4. The number of aryl methyl sites for hydroxylation is 1. The van der Waals surface area contributed by atoms with Crippen LogP contribution in [0.2, 0.25) is 0 Å². The van der Waals surface area contributed by atoms with Gasteiger partial charge >= 0.3 is 18.2 Å². The highest BCUT2D eigenvalue weighted by molar-refractivity contribution is 5.99. The Morgan fingerprint density at radius 2 is 1.86 bits per heavy atom. The molecule has 2 heterocycles. The number of aliphatic carboxylic acids is 1. The summed E-state index contributed by atoms with van der Waals surface area (Å²) >= 11 is 0. The second kappa shape index (κ2) is 9.51. The van der Waals surface area contributed by atoms with E-state index in [0.29, 0.717) is 49.9 Å². The van der Waals surface area contributed by atoms with Gasteiger partial charge in [0.15, 0.2) is 0 Å². The smallest absolute Gasteiger partial charge is 0.419 e. The van der Waals surface area contributed by atoms with Gasteiger partial charge in [-0.25, -0.2) is 14.2 Å². The molecule has 0 radical (unpaired) electrons. The number of alkyl halides is 3. The van der Waals surface area contributed by atoms with Crippen molar-refractivity contribution in [1.82, 2.24) is 9.88 Å². The third-order valence-electron chi connectivity index (χ3n) is 6.21. The van der Waals surface area contributed by atoms with Crippen LogP contribution in [-0.2, 0) is 28.6 Å². The summed E-state index contributed by atoms with van der Waals surface area (Å²) in [6.07, 6.45) is -2.67. The van der Waals surface area contributed by atoms with E-state index in [4.69, 9.17) is 0 Å². The average molecular weight is 494 g/mol. The van der Waals surface area contributed by atoms with E-state index in [1.54, 1.807) is 12.1 Å². The van der Waals surface area contributed by atoms with Crippen LogP contribution in [0.3, 0.4) is 0 Å². The Morgan fingerprint density at radius 1 is 1.09 bits per heavy atom. The van der Waals surface area contributed by atoms with Crippen LogP contribution in [0.25, 0.3) is 0 Å². The molecule has 2 atom stereocenters. The topological polar surface area (TPSA) is 112 Å². The summed E-state index contributed by atoms with van der Waals surface area (Å²) in [4.78, 5) is 42.4. The summed E-state index contributed by atoms with van der Waals surface area (Å²) in [5.74, 6) is -3.04. The molecule has 4 rings (SSSR count). The molecule has 0 spiro atoms. The molecule has 1 fully saturated rings. The van der Waals surface area contributed by atoms with Gasteiger partial charge in [0.05, 0.1) is 11.5 Å². The van der Waals surface area contributed by atoms with Gasteiger partial charge in [0, 0.05) is 17.9 Å². The number of halogens is 4. The molecule has 2 aromatic rings. The minimum absolute atomic E-state index is 0.164. The van der Waals surface area contributed by atoms with E-state index in [2.05, 4.69) is 15.6 Å². The van der Waals surface area contributed by atoms with Crippen LogP contribution in [0, 0.1) is 11.7 Å². The number of likely N-dealkylation sites (tertiary alicyclic amines) is 1. The van der Waals surface area contributed by atoms with Crippen molar-refractivity contribution in [3.63, 3.8) is 0 Å². The minimum atomic E-state index is -4.85. The molecule has 1 saturated heterocycles. The summed E-state index contributed by atoms with van der Waals surface area (Å²) in [5, 5.41) is 14.2. The molecule has 3 amide bonds. The molecular formula is C23H22F4N4O4. The largest absolute Gasteiger partial charge is 0.481 e. The number of nitrogens with zero attached hydrogens (tertiary/aromatic N) is 2. The molecule has 1 aromatic carbocycles. The molecule has 186 valence electrons. The third kappa shape index (κ3) is 5.36. The quantitative estimate of drug-likeness (QED) is 0.555. The number of carbonyl (C=O) groups excluding carboxylic acids is 2. The second-order valence-electron chi connectivity index (χ2n) is 8.54. The predicted octanol–water partition coefficient (Wildman–Crippen LogP) is 4.06. The number of anilines is 2. The molecule has 1 aliphatic heterocycles. The van der Waals surface area contributed by atoms with Crippen molar-refractivity contribution < 1.29 is 37.1 Å². The lowest BCUT2D eigenvalue weighted by Gasteiger charge is -2.25. The zero-order valence-corrected chi connectivity index (χ0v) is 18.4. The Morgan fingerprint density at radius 3 is 2.54 bits per heavy atom. The van der Waals surface area contributed by atoms with Gasteiger partial charge < -0.3 is 20.6 Å². The van der Waals surface area contributed by atoms with Gasteiger partial charge in [-0.2, -0.15) is 13.2 Å². The lowest BCUT2D eigenvalue weighted by Crippen LogP contribution is -2.45. The summed E-state index contributed by atoms with van der Waals surface area (Å²) in [6, 6.07) is 3.79. The molecule has 1 aromatic heterocycles. The van der Waals surface area contributed by atoms with Gasteiger partial charge in [0.25, 0.3) is 0 Å². The molecule has 0 saturated carbocycles. The van der Waals surface area contributed by atoms with Crippen molar-refractivity contribution in [3.05, 3.63) is 53.0 Å². The van der Waals surface area contributed by atoms with Crippen molar-refractivity contribution in [2.24, 2.45) is 5.92 Å². The van der Waals surface area contributed by atoms with Gasteiger partial charge in [0.2, 0.25) is 5.91 Å². The van der Waals surface area contributed by atoms with Crippen LogP contribution in [-0.4, -0.2) is 45.5 Å². The minimum Gasteiger partial charge on any atom is -0.481 e. The SMILES string of the molecule is O=C(O)[C@H]1CCc2nc(NC(=O)[C@H]3CCCN3C(=O)Nc3ccc(C(F)(F)F)c(F)c3)ccc2C1. The van der Waals surface area contributed by atoms with Crippen LogP contribution >= 0.6 is 0 Å². The number of carboxylic acids is 1. The van der Waals surface area contributed by atoms with Crippen molar-refractivity contribution in [1.29, 1.82) is 0 Å². The van der Waals surface area contributed by atoms with Gasteiger partial charge in [-0.15, -0.1) is 0 Å². The summed E-state index contributed by atoms with van der Waals surface area (Å²) in [6.45, 7) is 0.237. The molecule has 0 unspecified atom stereocenters. The lowest BCUT2D eigenvalue weighted by atomic mass is 9.87. The first-order chi connectivity index (χ1) is 16.5. The van der Waals surface area contributed by atoms with Gasteiger partial charge in [-0.3, -0.25) is 9.59 Å². The number of nitrogens with one attached hydrogen (secondary N) is 2. The normalized spacial score (nSPS) is 19.7. The van der Waals surface area contributed by atoms with Crippen LogP contribution in [0.1, 0.15) is 36.1 Å². The fourth-order valence-corrected chi connectivity index (χ4v) is 4.40. The lowest BCUT2D eigenvalue weighted by molar-refractivity contribution is -0.142. The molecule has 35 heavy (non-hydrogen) atoms. The zero-order chi connectivity index (χ0) is 25.3. The summed E-state index contributed by atoms with van der Waals surface area (Å²) in [7, 11) is 0. The number of hydrogen-bond acceptors (Lipinski definition) is 4. The molecule has 8 nitrogen and oxygen atoms in total. The Bertz CT molecular complexity index is 1170. The Hall–Kier alpha value is -3.70. The fraction of sp³-hybridized carbons (Fsp3) is 0.391. The molecule has 1 aliphatic carbocycles. The number of aromatic nitrogens is 1. The van der Waals surface area contributed by atoms with Crippen LogP contribution < -0.4 is 10.6 Å². The fourth-order valence-electron chi connectivity index (χ4n) is 4.40. The number of fused-ring (bicyclic) bond motifs is 1. The highest BCUT2D eigenvalue weighted by atomic mass is 19.4. The number of amides is 3. The maximum absolute atomic E-state index is 13.8. The van der Waals surface area contributed by atoms with E-state index in [9.17, 15) is 37.1 Å². The number of rotatable bonds is 4. The average Bonchev–Trinajstić information content (AvgIpc) is 3.28. The third-order valence-corrected chi connectivity index (χ3v) is 6.21. The highest BCUT2D eigenvalue weighted by Crippen LogP contribution is 2.32. The molecule has 12 heteroatoms. The van der Waals surface area contributed by atoms with E-state index in [-0.39, 0.29) is 18.1 Å². The number of hydrogen-bond donors (Lipinski definition) is 3. The number of urea groups is 1. The van der Waals surface area contributed by atoms with E-state index in [0.717, 1.165) is 11.6 Å². The molecular weight excluding hydrogens is 472 g/mol. The van der Waals surface area contributed by atoms with Gasteiger partial charge in [0.1, 0.15) is 17.7 Å². The second-order valence-corrected chi connectivity index (χ2v) is 8.54. The predicted molar refractivity (Wildman–Crippen MR) is 116 cm³/mol. The molecule has 3 N–H and O–H groups in total. The Balaban J connectivity index is 1.41. The van der Waals surface area contributed by atoms with Gasteiger partial charge in [-0.05, 0) is 61.9 Å². The van der Waals surface area contributed by atoms with E-state index >= 15 is 0 Å². The number of carboxylic acid groups (broad SMARTS) is 1. The van der Waals surface area contributed by atoms with Crippen molar-refractivity contribution >= 4 is 29.4 Å². The van der Waals surface area contributed by atoms with E-state index < -0.39 is 47.4 Å². The van der Waals surface area contributed by atoms with E-state index in [1.165, 1.54) is 4.90 Å². The highest BCUT2D eigenvalue weighted by Gasteiger charge is 2.36. The van der Waals surface area contributed by atoms with Gasteiger partial charge in [-0.1, -0.05) is 6.07 Å². The maximum Gasteiger partial charge on any atom is 0.419 e. The Labute approximate surface area is 197 Å². The Kier molecular flexibility index (Phi) is 6.64. The molecule has 0 bridgehead atoms. The first-order valence-electron chi connectivity index (χ1n) is 11.0. The first-order valence-corrected chi connectivity index (χ1v) is 11.0. The number of benzene rings is 1.